The average molecular weight is 536 g/mol. The number of sulfonamides is 1. The molecule has 192 valence electrons. The predicted octanol–water partition coefficient (Wildman–Crippen LogP) is 4.02. The molecule has 0 fully saturated rings. The molecule has 4 aromatic rings. The van der Waals surface area contributed by atoms with Crippen LogP contribution in [0, 0.1) is 22.7 Å². The molecule has 0 bridgehead atoms. The maximum atomic E-state index is 15.7. The van der Waals surface area contributed by atoms with Crippen LogP contribution in [0.15, 0.2) is 66.7 Å². The summed E-state index contributed by atoms with van der Waals surface area (Å²) in [7, 11) is -3.64. The molecule has 1 amide bonds. The topological polar surface area (TPSA) is 151 Å². The van der Waals surface area contributed by atoms with E-state index in [2.05, 4.69) is 4.72 Å². The van der Waals surface area contributed by atoms with Gasteiger partial charge in [-0.25, -0.2) is 8.42 Å². The van der Waals surface area contributed by atoms with Crippen LogP contribution in [0.3, 0.4) is 0 Å². The first kappa shape index (κ1) is 26.1. The highest BCUT2D eigenvalue weighted by atomic mass is 32.2. The van der Waals surface area contributed by atoms with E-state index < -0.39 is 39.6 Å². The number of fused-ring (bicyclic) bond motifs is 1. The number of nitrogens with two attached hydrogens (primary N) is 1. The van der Waals surface area contributed by atoms with Crippen molar-refractivity contribution in [3.05, 3.63) is 89.1 Å². The van der Waals surface area contributed by atoms with E-state index in [0.717, 1.165) is 24.5 Å². The summed E-state index contributed by atoms with van der Waals surface area (Å²) >= 11 is 0. The number of anilines is 1. The van der Waals surface area contributed by atoms with Crippen LogP contribution in [-0.2, 0) is 15.9 Å². The van der Waals surface area contributed by atoms with Crippen molar-refractivity contribution in [2.45, 2.75) is 5.92 Å². The Morgan fingerprint density at radius 2 is 1.84 bits per heavy atom. The highest BCUT2D eigenvalue weighted by Crippen LogP contribution is 2.39. The Morgan fingerprint density at radius 3 is 2.50 bits per heavy atom. The maximum Gasteiger partial charge on any atom is 0.298 e. The van der Waals surface area contributed by atoms with Crippen molar-refractivity contribution in [3.8, 4) is 23.6 Å². The summed E-state index contributed by atoms with van der Waals surface area (Å²) in [6, 6.07) is 18.0. The Balaban J connectivity index is 1.99. The highest BCUT2D eigenvalue weighted by molar-refractivity contribution is 7.92. The number of halogens is 2. The number of benzene rings is 3. The third-order valence-electron chi connectivity index (χ3n) is 5.53. The van der Waals surface area contributed by atoms with Crippen molar-refractivity contribution < 1.29 is 26.7 Å². The Labute approximate surface area is 216 Å². The number of ether oxygens (including phenoxy) is 1. The fourth-order valence-corrected chi connectivity index (χ4v) is 4.54. The molecule has 0 spiro atoms. The van der Waals surface area contributed by atoms with Crippen molar-refractivity contribution in [2.24, 2.45) is 5.73 Å². The molecule has 0 unspecified atom stereocenters. The van der Waals surface area contributed by atoms with Crippen molar-refractivity contribution in [3.63, 3.8) is 0 Å². The molecule has 0 saturated carbocycles. The number of carbonyl (C=O) groups excluding carboxylic acids is 1. The maximum absolute atomic E-state index is 15.7. The standard InChI is InChI=1S/C26H19F2N5O4S/c1-38(35,36)32-20-6-5-17-10-24(25(31)34)33(23(17)13-20)21-11-19(12-22(14-21)37-8-7-29)26(27,28)18-4-2-3-16(9-18)15-30/h2-6,9-14,32H,8H2,1H3,(H2,31,34). The van der Waals surface area contributed by atoms with Gasteiger partial charge in [0.05, 0.1) is 34.8 Å². The number of hydrogen-bond acceptors (Lipinski definition) is 6. The van der Waals surface area contributed by atoms with Gasteiger partial charge in [-0.2, -0.15) is 19.3 Å². The van der Waals surface area contributed by atoms with Gasteiger partial charge in [-0.15, -0.1) is 0 Å². The van der Waals surface area contributed by atoms with Gasteiger partial charge in [0.2, 0.25) is 10.0 Å². The van der Waals surface area contributed by atoms with Gasteiger partial charge in [-0.1, -0.05) is 18.2 Å². The van der Waals surface area contributed by atoms with Crippen molar-refractivity contribution in [1.29, 1.82) is 10.5 Å². The number of nitrogens with one attached hydrogen (secondary N) is 1. The molecule has 0 radical (unpaired) electrons. The molecule has 12 heteroatoms. The van der Waals surface area contributed by atoms with Gasteiger partial charge in [-0.05, 0) is 42.5 Å². The number of rotatable bonds is 8. The van der Waals surface area contributed by atoms with Crippen LogP contribution in [0.4, 0.5) is 14.5 Å². The van der Waals surface area contributed by atoms with Crippen LogP contribution >= 0.6 is 0 Å². The normalized spacial score (nSPS) is 11.5. The minimum atomic E-state index is -3.64. The third kappa shape index (κ3) is 5.26. The number of hydrogen-bond donors (Lipinski definition) is 2. The lowest BCUT2D eigenvalue weighted by atomic mass is 9.98. The van der Waals surface area contributed by atoms with Crippen molar-refractivity contribution in [1.82, 2.24) is 4.57 Å². The van der Waals surface area contributed by atoms with E-state index in [-0.39, 0.29) is 28.4 Å². The third-order valence-corrected chi connectivity index (χ3v) is 6.14. The van der Waals surface area contributed by atoms with E-state index in [1.54, 1.807) is 12.1 Å². The second-order valence-electron chi connectivity index (χ2n) is 8.31. The van der Waals surface area contributed by atoms with Crippen molar-refractivity contribution in [2.75, 3.05) is 17.6 Å². The van der Waals surface area contributed by atoms with Gasteiger partial charge in [0, 0.05) is 22.6 Å². The zero-order chi connectivity index (χ0) is 27.7. The first-order chi connectivity index (χ1) is 17.9. The van der Waals surface area contributed by atoms with Gasteiger partial charge >= 0.3 is 0 Å². The predicted molar refractivity (Wildman–Crippen MR) is 136 cm³/mol. The van der Waals surface area contributed by atoms with Crippen LogP contribution in [0.25, 0.3) is 16.6 Å². The van der Waals surface area contributed by atoms with Gasteiger partial charge in [0.15, 0.2) is 6.61 Å². The Kier molecular flexibility index (Phi) is 6.77. The average Bonchev–Trinajstić information content (AvgIpc) is 3.25. The smallest absolute Gasteiger partial charge is 0.298 e. The molecule has 38 heavy (non-hydrogen) atoms. The number of nitriles is 2. The number of aromatic nitrogens is 1. The van der Waals surface area contributed by atoms with Crippen LogP contribution in [0.5, 0.6) is 5.75 Å². The molecule has 4 rings (SSSR count). The molecule has 0 atom stereocenters. The van der Waals surface area contributed by atoms with Crippen molar-refractivity contribution >= 4 is 32.5 Å². The number of amides is 1. The molecule has 0 aliphatic heterocycles. The lowest BCUT2D eigenvalue weighted by Gasteiger charge is -2.20. The van der Waals surface area contributed by atoms with Crippen LogP contribution in [0.1, 0.15) is 27.2 Å². The molecule has 0 aliphatic rings. The summed E-state index contributed by atoms with van der Waals surface area (Å²) in [5.74, 6) is -4.55. The molecule has 9 nitrogen and oxygen atoms in total. The lowest BCUT2D eigenvalue weighted by molar-refractivity contribution is 0.0425. The lowest BCUT2D eigenvalue weighted by Crippen LogP contribution is -2.18. The summed E-state index contributed by atoms with van der Waals surface area (Å²) in [5, 5.41) is 18.6. The van der Waals surface area contributed by atoms with Crippen LogP contribution in [0.2, 0.25) is 0 Å². The fraction of sp³-hybridized carbons (Fsp3) is 0.115. The van der Waals surface area contributed by atoms with Gasteiger partial charge in [0.25, 0.3) is 11.8 Å². The number of carbonyl (C=O) groups is 1. The van der Waals surface area contributed by atoms with E-state index in [1.165, 1.54) is 47.0 Å². The first-order valence-corrected chi connectivity index (χ1v) is 12.8. The monoisotopic (exact) mass is 535 g/mol. The molecule has 3 aromatic carbocycles. The minimum absolute atomic E-state index is 0.0395. The molecule has 0 aliphatic carbocycles. The second-order valence-corrected chi connectivity index (χ2v) is 10.1. The Hall–Kier alpha value is -4.94. The van der Waals surface area contributed by atoms with Crippen LogP contribution < -0.4 is 15.2 Å². The summed E-state index contributed by atoms with van der Waals surface area (Å²) in [6.07, 6.45) is 0.969. The Morgan fingerprint density at radius 1 is 1.08 bits per heavy atom. The van der Waals surface area contributed by atoms with E-state index in [0.29, 0.717) is 10.9 Å². The number of nitrogens with zero attached hydrogens (tertiary/aromatic N) is 3. The molecule has 1 heterocycles. The summed E-state index contributed by atoms with van der Waals surface area (Å²) < 4.78 is 64.0. The fourth-order valence-electron chi connectivity index (χ4n) is 3.98. The molecular formula is C26H19F2N5O4S. The van der Waals surface area contributed by atoms with E-state index in [4.69, 9.17) is 21.0 Å². The summed E-state index contributed by atoms with van der Waals surface area (Å²) in [5.41, 5.74) is 5.10. The largest absolute Gasteiger partial charge is 0.479 e. The van der Waals surface area contributed by atoms with E-state index in [9.17, 15) is 13.2 Å². The minimum Gasteiger partial charge on any atom is -0.479 e. The van der Waals surface area contributed by atoms with E-state index in [1.807, 2.05) is 6.07 Å². The van der Waals surface area contributed by atoms with E-state index >= 15 is 8.78 Å². The zero-order valence-electron chi connectivity index (χ0n) is 19.8. The Bertz CT molecular complexity index is 1770. The molecule has 1 aromatic heterocycles. The van der Waals surface area contributed by atoms with Gasteiger partial charge < -0.3 is 15.0 Å². The summed E-state index contributed by atoms with van der Waals surface area (Å²) in [6.45, 7) is -0.435. The SMILES string of the molecule is CS(=O)(=O)Nc1ccc2cc(C(N)=O)n(-c3cc(OCC#N)cc(C(F)(F)c4cccc(C#N)c4)c3)c2c1. The van der Waals surface area contributed by atoms with Crippen LogP contribution in [-0.4, -0.2) is 31.8 Å². The quantitative estimate of drug-likeness (QED) is 0.348. The highest BCUT2D eigenvalue weighted by Gasteiger charge is 2.35. The second kappa shape index (κ2) is 9.84. The first-order valence-electron chi connectivity index (χ1n) is 10.9. The summed E-state index contributed by atoms with van der Waals surface area (Å²) in [4.78, 5) is 12.3. The van der Waals surface area contributed by atoms with Gasteiger partial charge in [-0.3, -0.25) is 9.52 Å². The molecular weight excluding hydrogens is 516 g/mol. The number of alkyl halides is 2. The number of primary amides is 1. The molecule has 3 N–H and O–H groups in total. The zero-order valence-corrected chi connectivity index (χ0v) is 20.6. The van der Waals surface area contributed by atoms with Gasteiger partial charge in [0.1, 0.15) is 17.5 Å². The molecule has 0 saturated heterocycles.